The molecule has 2 aromatic heterocycles. The highest BCUT2D eigenvalue weighted by Gasteiger charge is 2.18. The number of carbonyl (C=O) groups excluding carboxylic acids is 1. The van der Waals surface area contributed by atoms with Crippen LogP contribution in [-0.4, -0.2) is 32.8 Å². The molecule has 1 N–H and O–H groups in total. The fourth-order valence-corrected chi connectivity index (χ4v) is 3.97. The summed E-state index contributed by atoms with van der Waals surface area (Å²) in [6.07, 6.45) is 6.08. The van der Waals surface area contributed by atoms with E-state index in [1.54, 1.807) is 28.5 Å². The van der Waals surface area contributed by atoms with E-state index < -0.39 is 28.6 Å². The van der Waals surface area contributed by atoms with Gasteiger partial charge in [-0.05, 0) is 70.0 Å². The lowest BCUT2D eigenvalue weighted by molar-refractivity contribution is 0.0523. The quantitative estimate of drug-likeness (QED) is 0.256. The zero-order valence-electron chi connectivity index (χ0n) is 23.9. The van der Waals surface area contributed by atoms with Crippen molar-refractivity contribution in [1.29, 1.82) is 0 Å². The minimum Gasteiger partial charge on any atom is -0.477 e. The van der Waals surface area contributed by atoms with Gasteiger partial charge in [-0.1, -0.05) is 24.3 Å². The summed E-state index contributed by atoms with van der Waals surface area (Å²) in [5.41, 5.74) is 0.361. The van der Waals surface area contributed by atoms with Crippen LogP contribution in [0.2, 0.25) is 0 Å². The smallest absolute Gasteiger partial charge is 0.343 e. The van der Waals surface area contributed by atoms with Crippen molar-refractivity contribution in [2.24, 2.45) is 0 Å². The molecule has 42 heavy (non-hydrogen) atoms. The average Bonchev–Trinajstić information content (AvgIpc) is 2.94. The van der Waals surface area contributed by atoms with Crippen LogP contribution in [0.25, 0.3) is 22.3 Å². The lowest BCUT2D eigenvalue weighted by Crippen LogP contribution is -2.22. The second kappa shape index (κ2) is 13.7. The van der Waals surface area contributed by atoms with Gasteiger partial charge in [0.25, 0.3) is 0 Å². The lowest BCUT2D eigenvalue weighted by atomic mass is 10.0. The summed E-state index contributed by atoms with van der Waals surface area (Å²) in [4.78, 5) is 47.9. The molecule has 4 rings (SSSR count). The highest BCUT2D eigenvalue weighted by molar-refractivity contribution is 5.90. The van der Waals surface area contributed by atoms with Crippen molar-refractivity contribution < 1.29 is 28.2 Å². The number of aromatic nitrogens is 2. The fourth-order valence-electron chi connectivity index (χ4n) is 3.97. The van der Waals surface area contributed by atoms with E-state index in [0.29, 0.717) is 16.7 Å². The van der Waals surface area contributed by atoms with Gasteiger partial charge in [-0.15, -0.1) is 0 Å². The molecular formula is C32H32F2N2O6. The van der Waals surface area contributed by atoms with Crippen LogP contribution in [0, 0.1) is 11.6 Å². The van der Waals surface area contributed by atoms with E-state index in [-0.39, 0.29) is 41.2 Å². The van der Waals surface area contributed by atoms with Crippen molar-refractivity contribution in [2.75, 3.05) is 6.61 Å². The predicted molar refractivity (Wildman–Crippen MR) is 156 cm³/mol. The number of hydrogen-bond donors (Lipinski definition) is 1. The van der Waals surface area contributed by atoms with Gasteiger partial charge in [-0.3, -0.25) is 9.59 Å². The Labute approximate surface area is 241 Å². The Bertz CT molecular complexity index is 1690. The van der Waals surface area contributed by atoms with E-state index in [2.05, 4.69) is 0 Å². The normalized spacial score (nSPS) is 10.8. The maximum absolute atomic E-state index is 13.1. The number of hydrogen-bond acceptors (Lipinski definition) is 5. The van der Waals surface area contributed by atoms with E-state index >= 15 is 0 Å². The van der Waals surface area contributed by atoms with E-state index in [4.69, 9.17) is 9.84 Å². The van der Waals surface area contributed by atoms with Gasteiger partial charge in [-0.2, -0.15) is 0 Å². The molecule has 10 heteroatoms. The van der Waals surface area contributed by atoms with Gasteiger partial charge in [-0.25, -0.2) is 18.4 Å². The molecule has 220 valence electrons. The number of aromatic carboxylic acids is 1. The SMILES string of the molecule is CC(C)n1cc(C(=O)O)c(=O)c(-c2ccc(F)cc2)c1.CCOC(=O)c1cn(C(C)C)cc(-c2ccc(F)cc2)c1=O. The van der Waals surface area contributed by atoms with Gasteiger partial charge in [0.2, 0.25) is 10.9 Å². The fraction of sp³-hybridized carbons (Fsp3) is 0.250. The standard InChI is InChI=1S/C17H18FNO3.C15H14FNO3/c1-4-22-17(21)15-10-19(11(2)3)9-14(16(15)20)12-5-7-13(18)8-6-12;1-9(2)17-7-12(10-3-5-11(16)6-4-10)14(18)13(8-17)15(19)20/h5-11H,4H2,1-3H3;3-9H,1-2H3,(H,19,20). The lowest BCUT2D eigenvalue weighted by Gasteiger charge is -2.15. The summed E-state index contributed by atoms with van der Waals surface area (Å²) in [6, 6.07) is 11.1. The Morgan fingerprint density at radius 3 is 1.45 bits per heavy atom. The number of nitrogens with zero attached hydrogens (tertiary/aromatic N) is 2. The molecule has 0 aliphatic heterocycles. The van der Waals surface area contributed by atoms with Crippen molar-refractivity contribution in [1.82, 2.24) is 9.13 Å². The molecule has 8 nitrogen and oxygen atoms in total. The Morgan fingerprint density at radius 1 is 0.714 bits per heavy atom. The third kappa shape index (κ3) is 7.45. The van der Waals surface area contributed by atoms with Crippen LogP contribution in [0.4, 0.5) is 8.78 Å². The summed E-state index contributed by atoms with van der Waals surface area (Å²) >= 11 is 0. The molecule has 2 aromatic carbocycles. The van der Waals surface area contributed by atoms with Crippen LogP contribution >= 0.6 is 0 Å². The number of carboxylic acids is 1. The second-order valence-corrected chi connectivity index (χ2v) is 9.95. The number of esters is 1. The molecule has 0 amide bonds. The first-order chi connectivity index (χ1) is 19.8. The van der Waals surface area contributed by atoms with E-state index in [9.17, 15) is 28.0 Å². The van der Waals surface area contributed by atoms with Gasteiger partial charge >= 0.3 is 11.9 Å². The highest BCUT2D eigenvalue weighted by atomic mass is 19.1. The molecule has 0 aliphatic rings. The van der Waals surface area contributed by atoms with Gasteiger partial charge < -0.3 is 19.0 Å². The van der Waals surface area contributed by atoms with E-state index in [1.165, 1.54) is 60.9 Å². The first-order valence-corrected chi connectivity index (χ1v) is 13.3. The molecule has 0 bridgehead atoms. The Balaban J connectivity index is 0.000000231. The van der Waals surface area contributed by atoms with Crippen molar-refractivity contribution in [3.8, 4) is 22.3 Å². The van der Waals surface area contributed by atoms with Crippen molar-refractivity contribution in [2.45, 2.75) is 46.7 Å². The largest absolute Gasteiger partial charge is 0.477 e. The van der Waals surface area contributed by atoms with E-state index in [1.807, 2.05) is 27.7 Å². The monoisotopic (exact) mass is 578 g/mol. The Hall–Kier alpha value is -4.86. The van der Waals surface area contributed by atoms with Crippen LogP contribution in [0.5, 0.6) is 0 Å². The van der Waals surface area contributed by atoms with Crippen LogP contribution < -0.4 is 10.9 Å². The first kappa shape index (κ1) is 31.7. The number of carboxylic acid groups (broad SMARTS) is 1. The van der Waals surface area contributed by atoms with Gasteiger partial charge in [0.15, 0.2) is 0 Å². The molecule has 0 atom stereocenters. The van der Waals surface area contributed by atoms with Crippen molar-refractivity contribution >= 4 is 11.9 Å². The molecule has 0 fully saturated rings. The summed E-state index contributed by atoms with van der Waals surface area (Å²) < 4.78 is 34.4. The third-order valence-electron chi connectivity index (χ3n) is 6.32. The molecule has 0 saturated heterocycles. The minimum atomic E-state index is -1.27. The van der Waals surface area contributed by atoms with Crippen LogP contribution in [-0.2, 0) is 4.74 Å². The van der Waals surface area contributed by atoms with Crippen LogP contribution in [0.3, 0.4) is 0 Å². The maximum atomic E-state index is 13.1. The van der Waals surface area contributed by atoms with Gasteiger partial charge in [0, 0.05) is 48.0 Å². The number of carbonyl (C=O) groups is 2. The zero-order chi connectivity index (χ0) is 31.1. The molecule has 0 aliphatic carbocycles. The maximum Gasteiger partial charge on any atom is 0.343 e. The van der Waals surface area contributed by atoms with Gasteiger partial charge in [0.1, 0.15) is 22.8 Å². The molecule has 4 aromatic rings. The molecule has 0 unspecified atom stereocenters. The molecule has 2 heterocycles. The van der Waals surface area contributed by atoms with Crippen molar-refractivity contribution in [3.05, 3.63) is 117 Å². The number of rotatable bonds is 7. The first-order valence-electron chi connectivity index (χ1n) is 13.3. The molecule has 0 spiro atoms. The minimum absolute atomic E-state index is 0.00731. The summed E-state index contributed by atoms with van der Waals surface area (Å²) in [5, 5.41) is 9.11. The number of pyridine rings is 2. The highest BCUT2D eigenvalue weighted by Crippen LogP contribution is 2.20. The Kier molecular flexibility index (Phi) is 10.3. The van der Waals surface area contributed by atoms with Gasteiger partial charge in [0.05, 0.1) is 6.61 Å². The van der Waals surface area contributed by atoms with Crippen LogP contribution in [0.15, 0.2) is 82.9 Å². The summed E-state index contributed by atoms with van der Waals surface area (Å²) in [7, 11) is 0. The number of halogens is 2. The Morgan fingerprint density at radius 2 is 1.10 bits per heavy atom. The van der Waals surface area contributed by atoms with E-state index in [0.717, 1.165) is 0 Å². The molecule has 0 radical (unpaired) electrons. The topological polar surface area (TPSA) is 108 Å². The van der Waals surface area contributed by atoms with Crippen LogP contribution in [0.1, 0.15) is 67.4 Å². The van der Waals surface area contributed by atoms with Crippen molar-refractivity contribution in [3.63, 3.8) is 0 Å². The summed E-state index contributed by atoms with van der Waals surface area (Å²) in [5.74, 6) is -2.71. The molecular weight excluding hydrogens is 546 g/mol. The number of benzene rings is 2. The summed E-state index contributed by atoms with van der Waals surface area (Å²) in [6.45, 7) is 9.51. The second-order valence-electron chi connectivity index (χ2n) is 9.95. The third-order valence-corrected chi connectivity index (χ3v) is 6.32. The average molecular weight is 579 g/mol. The zero-order valence-corrected chi connectivity index (χ0v) is 23.9. The predicted octanol–water partition coefficient (Wildman–Crippen LogP) is 6.35. The number of ether oxygens (including phenoxy) is 1. The molecule has 0 saturated carbocycles.